The predicted octanol–water partition coefficient (Wildman–Crippen LogP) is 4.94. The normalized spacial score (nSPS) is 10.9. The second-order valence-electron chi connectivity index (χ2n) is 7.54. The molecular formula is C28H23N3O2. The zero-order valence-corrected chi connectivity index (χ0v) is 18.1. The topological polar surface area (TPSA) is 78.8 Å². The molecule has 0 aliphatic heterocycles. The van der Waals surface area contributed by atoms with E-state index in [1.165, 1.54) is 4.68 Å². The molecule has 1 aromatic heterocycles. The molecule has 0 saturated carbocycles. The van der Waals surface area contributed by atoms with Crippen LogP contribution in [0.4, 0.5) is 0 Å². The summed E-state index contributed by atoms with van der Waals surface area (Å²) in [7, 11) is 1.75. The van der Waals surface area contributed by atoms with Gasteiger partial charge in [0, 0.05) is 24.2 Å². The molecule has 0 radical (unpaired) electrons. The van der Waals surface area contributed by atoms with Crippen LogP contribution in [0.5, 0.6) is 0 Å². The summed E-state index contributed by atoms with van der Waals surface area (Å²) in [5.41, 5.74) is 5.51. The summed E-state index contributed by atoms with van der Waals surface area (Å²) >= 11 is 0. The van der Waals surface area contributed by atoms with Crippen molar-refractivity contribution in [1.29, 1.82) is 0 Å². The van der Waals surface area contributed by atoms with Crippen molar-refractivity contribution in [2.45, 2.75) is 0 Å². The molecule has 0 spiro atoms. The van der Waals surface area contributed by atoms with Crippen LogP contribution in [0.2, 0.25) is 0 Å². The largest absolute Gasteiger partial charge is 0.412 e. The Morgan fingerprint density at radius 2 is 1.36 bits per heavy atom. The monoisotopic (exact) mass is 433 g/mol. The van der Waals surface area contributed by atoms with Gasteiger partial charge in [0.1, 0.15) is 0 Å². The van der Waals surface area contributed by atoms with Crippen LogP contribution in [0.25, 0.3) is 38.8 Å². The third kappa shape index (κ3) is 4.22. The van der Waals surface area contributed by atoms with Gasteiger partial charge in [0.2, 0.25) is 0 Å². The summed E-state index contributed by atoms with van der Waals surface area (Å²) in [4.78, 5) is 17.4. The van der Waals surface area contributed by atoms with Crippen molar-refractivity contribution in [2.24, 2.45) is 4.99 Å². The molecule has 33 heavy (non-hydrogen) atoms. The van der Waals surface area contributed by atoms with E-state index in [-0.39, 0.29) is 11.0 Å². The van der Waals surface area contributed by atoms with Crippen molar-refractivity contribution in [3.05, 3.63) is 119 Å². The molecule has 0 atom stereocenters. The average Bonchev–Trinajstić information content (AvgIpc) is 2.86. The van der Waals surface area contributed by atoms with E-state index in [0.29, 0.717) is 5.39 Å². The van der Waals surface area contributed by atoms with Gasteiger partial charge in [-0.3, -0.25) is 9.79 Å². The highest BCUT2D eigenvalue weighted by Gasteiger charge is 2.13. The number of benzene rings is 4. The second-order valence-corrected chi connectivity index (χ2v) is 7.54. The number of fused-ring (bicyclic) bond motifs is 1. The summed E-state index contributed by atoms with van der Waals surface area (Å²) in [6.45, 7) is 0. The molecule has 0 aliphatic carbocycles. The summed E-state index contributed by atoms with van der Waals surface area (Å²) < 4.78 is 1.49. The Hall–Kier alpha value is -4.35. The molecule has 2 N–H and O–H groups in total. The Balaban J connectivity index is 0.00000259. The number of aliphatic imine (C=N–C) groups is 1. The fourth-order valence-electron chi connectivity index (χ4n) is 3.92. The maximum absolute atomic E-state index is 13.3. The maximum atomic E-state index is 13.3. The summed E-state index contributed by atoms with van der Waals surface area (Å²) in [5, 5.41) is 6.28. The van der Waals surface area contributed by atoms with Crippen LogP contribution in [0.1, 0.15) is 5.56 Å². The van der Waals surface area contributed by atoms with Gasteiger partial charge >= 0.3 is 0 Å². The molecule has 0 aliphatic rings. The van der Waals surface area contributed by atoms with Gasteiger partial charge in [-0.15, -0.1) is 0 Å². The number of rotatable bonds is 4. The van der Waals surface area contributed by atoms with E-state index in [2.05, 4.69) is 17.1 Å². The highest BCUT2D eigenvalue weighted by molar-refractivity contribution is 5.95. The van der Waals surface area contributed by atoms with E-state index < -0.39 is 0 Å². The lowest BCUT2D eigenvalue weighted by Crippen LogP contribution is -2.22. The van der Waals surface area contributed by atoms with Gasteiger partial charge in [0.25, 0.3) is 5.56 Å². The molecule has 162 valence electrons. The number of aromatic nitrogens is 2. The minimum absolute atomic E-state index is 0. The lowest BCUT2D eigenvalue weighted by Gasteiger charge is -2.12. The first-order chi connectivity index (χ1) is 15.7. The van der Waals surface area contributed by atoms with Crippen molar-refractivity contribution in [3.8, 4) is 28.1 Å². The van der Waals surface area contributed by atoms with Crippen LogP contribution in [-0.2, 0) is 0 Å². The quantitative estimate of drug-likeness (QED) is 0.376. The highest BCUT2D eigenvalue weighted by atomic mass is 16.1. The number of nitrogens with zero attached hydrogens (tertiary/aromatic N) is 3. The van der Waals surface area contributed by atoms with Crippen LogP contribution in [-0.4, -0.2) is 28.5 Å². The number of hydrogen-bond donors (Lipinski definition) is 0. The molecule has 5 heteroatoms. The van der Waals surface area contributed by atoms with E-state index in [9.17, 15) is 4.79 Å². The Morgan fingerprint density at radius 1 is 0.727 bits per heavy atom. The fourth-order valence-corrected chi connectivity index (χ4v) is 3.92. The third-order valence-corrected chi connectivity index (χ3v) is 5.46. The van der Waals surface area contributed by atoms with Crippen LogP contribution in [0, 0.1) is 0 Å². The highest BCUT2D eigenvalue weighted by Crippen LogP contribution is 2.26. The van der Waals surface area contributed by atoms with Crippen molar-refractivity contribution < 1.29 is 5.48 Å². The van der Waals surface area contributed by atoms with E-state index >= 15 is 0 Å². The van der Waals surface area contributed by atoms with Crippen LogP contribution < -0.4 is 5.56 Å². The Morgan fingerprint density at radius 3 is 2.09 bits per heavy atom. The van der Waals surface area contributed by atoms with E-state index in [1.807, 2.05) is 97.2 Å². The first kappa shape index (κ1) is 21.9. The minimum atomic E-state index is -0.136. The van der Waals surface area contributed by atoms with Gasteiger partial charge in [0.05, 0.1) is 16.8 Å². The Kier molecular flexibility index (Phi) is 6.24. The van der Waals surface area contributed by atoms with E-state index in [0.717, 1.165) is 39.0 Å². The van der Waals surface area contributed by atoms with Crippen molar-refractivity contribution in [3.63, 3.8) is 0 Å². The van der Waals surface area contributed by atoms with Crippen molar-refractivity contribution in [2.75, 3.05) is 7.05 Å². The average molecular weight is 434 g/mol. The Bertz CT molecular complexity index is 1490. The van der Waals surface area contributed by atoms with Crippen LogP contribution in [0.3, 0.4) is 0 Å². The minimum Gasteiger partial charge on any atom is -0.412 e. The van der Waals surface area contributed by atoms with Crippen LogP contribution >= 0.6 is 0 Å². The lowest BCUT2D eigenvalue weighted by atomic mass is 10.0. The number of hydrogen-bond acceptors (Lipinski definition) is 3. The van der Waals surface area contributed by atoms with E-state index in [4.69, 9.17) is 5.10 Å². The predicted molar refractivity (Wildman–Crippen MR) is 135 cm³/mol. The maximum Gasteiger partial charge on any atom is 0.279 e. The lowest BCUT2D eigenvalue weighted by molar-refractivity contribution is 0.824. The zero-order valence-electron chi connectivity index (χ0n) is 18.1. The molecule has 0 bridgehead atoms. The summed E-state index contributed by atoms with van der Waals surface area (Å²) in [5.74, 6) is 0. The molecule has 0 fully saturated rings. The molecule has 1 heterocycles. The van der Waals surface area contributed by atoms with Crippen molar-refractivity contribution in [1.82, 2.24) is 9.78 Å². The molecule has 5 rings (SSSR count). The molecule has 0 saturated heterocycles. The molecular weight excluding hydrogens is 410 g/mol. The van der Waals surface area contributed by atoms with Gasteiger partial charge in [-0.25, -0.2) is 0 Å². The molecule has 5 nitrogen and oxygen atoms in total. The summed E-state index contributed by atoms with van der Waals surface area (Å²) in [6.07, 6.45) is 1.81. The second kappa shape index (κ2) is 9.42. The van der Waals surface area contributed by atoms with Gasteiger partial charge in [-0.1, -0.05) is 78.9 Å². The summed E-state index contributed by atoms with van der Waals surface area (Å²) in [6, 6.07) is 33.7. The molecule has 0 unspecified atom stereocenters. The Labute approximate surface area is 191 Å². The first-order valence-corrected chi connectivity index (χ1v) is 10.4. The van der Waals surface area contributed by atoms with Crippen LogP contribution in [0.15, 0.2) is 113 Å². The third-order valence-electron chi connectivity index (χ3n) is 5.46. The molecule has 5 aromatic rings. The SMILES string of the molecule is C/N=C\c1cccc(-c2nn(-c3ccc(-c4ccccc4)cc3)c(=O)c3ccccc23)c1.O. The van der Waals surface area contributed by atoms with Gasteiger partial charge in [0.15, 0.2) is 0 Å². The zero-order chi connectivity index (χ0) is 21.9. The van der Waals surface area contributed by atoms with E-state index in [1.54, 1.807) is 7.05 Å². The fraction of sp³-hybridized carbons (Fsp3) is 0.0357. The van der Waals surface area contributed by atoms with Gasteiger partial charge < -0.3 is 5.48 Å². The van der Waals surface area contributed by atoms with Gasteiger partial charge in [-0.05, 0) is 41.0 Å². The molecule has 4 aromatic carbocycles. The molecule has 0 amide bonds. The standard InChI is InChI=1S/C28H21N3O.H2O/c1-29-19-20-8-7-11-23(18-20)27-25-12-5-6-13-26(25)28(32)31(30-27)24-16-14-22(15-17-24)21-9-3-2-4-10-21;/h2-19H,1H3;1H2/b29-19-;. The first-order valence-electron chi connectivity index (χ1n) is 10.4. The van der Waals surface area contributed by atoms with Gasteiger partial charge in [-0.2, -0.15) is 9.78 Å². The van der Waals surface area contributed by atoms with Crippen molar-refractivity contribution >= 4 is 17.0 Å². The smallest absolute Gasteiger partial charge is 0.279 e.